The Morgan fingerprint density at radius 1 is 1.04 bits per heavy atom. The fourth-order valence-electron chi connectivity index (χ4n) is 2.84. The lowest BCUT2D eigenvalue weighted by Crippen LogP contribution is -2.17. The van der Waals surface area contributed by atoms with Crippen LogP contribution in [0.4, 0.5) is 5.13 Å². The fraction of sp³-hybridized carbons (Fsp3) is 0.143. The molecule has 2 aromatic heterocycles. The van der Waals surface area contributed by atoms with Gasteiger partial charge in [0.2, 0.25) is 5.13 Å². The highest BCUT2D eigenvalue weighted by Gasteiger charge is 2.12. The first-order valence-electron chi connectivity index (χ1n) is 8.85. The van der Waals surface area contributed by atoms with Crippen molar-refractivity contribution in [3.63, 3.8) is 0 Å². The van der Waals surface area contributed by atoms with Crippen LogP contribution in [-0.2, 0) is 0 Å². The normalized spacial score (nSPS) is 11.4. The van der Waals surface area contributed by atoms with Gasteiger partial charge in [-0.2, -0.15) is 0 Å². The maximum atomic E-state index is 12.8. The molecule has 2 aromatic carbocycles. The average molecular weight is 389 g/mol. The predicted octanol–water partition coefficient (Wildman–Crippen LogP) is 4.36. The van der Waals surface area contributed by atoms with Crippen molar-refractivity contribution in [1.29, 1.82) is 0 Å². The Morgan fingerprint density at radius 2 is 1.82 bits per heavy atom. The molecule has 140 valence electrons. The molecule has 7 heteroatoms. The van der Waals surface area contributed by atoms with Crippen molar-refractivity contribution < 1.29 is 0 Å². The van der Waals surface area contributed by atoms with Gasteiger partial charge < -0.3 is 0 Å². The molecule has 4 rings (SSSR count). The molecule has 0 spiro atoms. The fourth-order valence-corrected chi connectivity index (χ4v) is 3.54. The van der Waals surface area contributed by atoms with Crippen molar-refractivity contribution in [2.75, 3.05) is 0 Å². The number of rotatable bonds is 4. The monoisotopic (exact) mass is 389 g/mol. The molecule has 0 unspecified atom stereocenters. The van der Waals surface area contributed by atoms with Crippen LogP contribution in [0.1, 0.15) is 22.4 Å². The molecule has 0 fully saturated rings. The number of nitrogens with one attached hydrogen (secondary N) is 1. The van der Waals surface area contributed by atoms with Gasteiger partial charge in [-0.05, 0) is 44.0 Å². The van der Waals surface area contributed by atoms with Gasteiger partial charge in [0.05, 0.1) is 11.3 Å². The van der Waals surface area contributed by atoms with Crippen LogP contribution in [0, 0.1) is 20.8 Å². The minimum atomic E-state index is -0.141. The van der Waals surface area contributed by atoms with Crippen LogP contribution in [0.3, 0.4) is 0 Å². The molecule has 0 saturated heterocycles. The molecule has 6 nitrogen and oxygen atoms in total. The third kappa shape index (κ3) is 3.44. The number of benzene rings is 2. The number of hydrogen-bond donors (Lipinski definition) is 1. The summed E-state index contributed by atoms with van der Waals surface area (Å²) in [6.07, 6.45) is 1.56. The summed E-state index contributed by atoms with van der Waals surface area (Å²) in [5, 5.41) is 12.7. The number of aliphatic imine (C=N–C) groups is 1. The molecule has 0 aliphatic carbocycles. The Hall–Kier alpha value is -3.32. The quantitative estimate of drug-likeness (QED) is 0.527. The summed E-state index contributed by atoms with van der Waals surface area (Å²) >= 11 is 1.38. The van der Waals surface area contributed by atoms with Gasteiger partial charge in [-0.15, -0.1) is 10.2 Å². The molecule has 0 radical (unpaired) electrons. The van der Waals surface area contributed by atoms with Crippen molar-refractivity contribution in [3.05, 3.63) is 81.3 Å². The van der Waals surface area contributed by atoms with Crippen molar-refractivity contribution in [2.24, 2.45) is 4.99 Å². The van der Waals surface area contributed by atoms with Crippen molar-refractivity contribution in [2.45, 2.75) is 20.8 Å². The van der Waals surface area contributed by atoms with Gasteiger partial charge in [-0.1, -0.05) is 47.7 Å². The van der Waals surface area contributed by atoms with Gasteiger partial charge in [0.1, 0.15) is 5.01 Å². The summed E-state index contributed by atoms with van der Waals surface area (Å²) in [5.41, 5.74) is 5.24. The molecule has 0 aliphatic rings. The molecule has 2 heterocycles. The molecule has 0 bridgehead atoms. The third-order valence-corrected chi connectivity index (χ3v) is 5.49. The van der Waals surface area contributed by atoms with Gasteiger partial charge in [-0.25, -0.2) is 9.67 Å². The van der Waals surface area contributed by atoms with Crippen LogP contribution >= 0.6 is 11.3 Å². The zero-order chi connectivity index (χ0) is 19.7. The second kappa shape index (κ2) is 7.36. The molecule has 0 aliphatic heterocycles. The first kappa shape index (κ1) is 18.1. The highest BCUT2D eigenvalue weighted by atomic mass is 32.1. The van der Waals surface area contributed by atoms with Crippen molar-refractivity contribution in [3.8, 4) is 16.3 Å². The Balaban J connectivity index is 1.64. The maximum Gasteiger partial charge on any atom is 0.280 e. The van der Waals surface area contributed by atoms with Crippen molar-refractivity contribution >= 4 is 22.7 Å². The summed E-state index contributed by atoms with van der Waals surface area (Å²) in [4.78, 5) is 17.2. The van der Waals surface area contributed by atoms with Gasteiger partial charge in [-0.3, -0.25) is 9.89 Å². The van der Waals surface area contributed by atoms with E-state index in [1.807, 2.05) is 69.3 Å². The third-order valence-electron chi connectivity index (χ3n) is 4.60. The Kier molecular flexibility index (Phi) is 4.75. The number of aromatic nitrogens is 4. The van der Waals surface area contributed by atoms with Crippen LogP contribution in [0.25, 0.3) is 16.3 Å². The second-order valence-electron chi connectivity index (χ2n) is 6.57. The first-order valence-corrected chi connectivity index (χ1v) is 9.67. The van der Waals surface area contributed by atoms with Crippen LogP contribution in [0.2, 0.25) is 0 Å². The molecular formula is C21H19N5OS. The van der Waals surface area contributed by atoms with Crippen molar-refractivity contribution in [1.82, 2.24) is 20.0 Å². The summed E-state index contributed by atoms with van der Waals surface area (Å²) in [6, 6.07) is 15.8. The molecule has 1 N–H and O–H groups in total. The minimum Gasteiger partial charge on any atom is -0.295 e. The van der Waals surface area contributed by atoms with E-state index in [0.717, 1.165) is 27.5 Å². The summed E-state index contributed by atoms with van der Waals surface area (Å²) in [5.74, 6) is 0. The van der Waals surface area contributed by atoms with Crippen LogP contribution in [0.15, 0.2) is 58.3 Å². The standard InChI is InChI=1S/C21H19N5OS/c1-13-9-10-17(11-14(13)2)26-20(27)18(15(3)25-26)12-22-21-24-23-19(28-21)16-7-5-4-6-8-16/h4-12,25H,1-3H3. The smallest absolute Gasteiger partial charge is 0.280 e. The van der Waals surface area contributed by atoms with Gasteiger partial charge in [0, 0.05) is 17.5 Å². The molecule has 28 heavy (non-hydrogen) atoms. The minimum absolute atomic E-state index is 0.141. The lowest BCUT2D eigenvalue weighted by atomic mass is 10.1. The maximum absolute atomic E-state index is 12.8. The van der Waals surface area contributed by atoms with E-state index in [-0.39, 0.29) is 5.56 Å². The average Bonchev–Trinajstić information content (AvgIpc) is 3.28. The molecule has 4 aromatic rings. The van der Waals surface area contributed by atoms with E-state index in [9.17, 15) is 4.79 Å². The van der Waals surface area contributed by atoms with Gasteiger partial charge in [0.25, 0.3) is 5.56 Å². The largest absolute Gasteiger partial charge is 0.295 e. The van der Waals surface area contributed by atoms with E-state index < -0.39 is 0 Å². The zero-order valence-corrected chi connectivity index (χ0v) is 16.6. The summed E-state index contributed by atoms with van der Waals surface area (Å²) in [7, 11) is 0. The number of aromatic amines is 1. The van der Waals surface area contributed by atoms with E-state index in [1.54, 1.807) is 10.9 Å². The highest BCUT2D eigenvalue weighted by molar-refractivity contribution is 7.18. The summed E-state index contributed by atoms with van der Waals surface area (Å²) in [6.45, 7) is 5.93. The Morgan fingerprint density at radius 3 is 2.57 bits per heavy atom. The number of nitrogens with zero attached hydrogens (tertiary/aromatic N) is 4. The lowest BCUT2D eigenvalue weighted by Gasteiger charge is -2.05. The van der Waals surface area contributed by atoms with E-state index in [1.165, 1.54) is 16.9 Å². The predicted molar refractivity (Wildman–Crippen MR) is 113 cm³/mol. The summed E-state index contributed by atoms with van der Waals surface area (Å²) < 4.78 is 1.54. The Bertz CT molecular complexity index is 1220. The number of hydrogen-bond acceptors (Lipinski definition) is 5. The van der Waals surface area contributed by atoms with Crippen LogP contribution in [-0.4, -0.2) is 26.2 Å². The van der Waals surface area contributed by atoms with Crippen LogP contribution in [0.5, 0.6) is 0 Å². The van der Waals surface area contributed by atoms with Gasteiger partial charge >= 0.3 is 0 Å². The number of aryl methyl sites for hydroxylation is 3. The highest BCUT2D eigenvalue weighted by Crippen LogP contribution is 2.27. The molecule has 0 amide bonds. The SMILES string of the molecule is Cc1ccc(-n2[nH]c(C)c(C=Nc3nnc(-c4ccccc4)s3)c2=O)cc1C. The van der Waals surface area contributed by atoms with E-state index in [2.05, 4.69) is 20.3 Å². The lowest BCUT2D eigenvalue weighted by molar-refractivity contribution is 0.833. The van der Waals surface area contributed by atoms with E-state index >= 15 is 0 Å². The number of H-pyrrole nitrogens is 1. The second-order valence-corrected chi connectivity index (χ2v) is 7.53. The molecule has 0 atom stereocenters. The van der Waals surface area contributed by atoms with E-state index in [0.29, 0.717) is 10.7 Å². The zero-order valence-electron chi connectivity index (χ0n) is 15.8. The Labute approximate surface area is 166 Å². The van der Waals surface area contributed by atoms with Gasteiger partial charge in [0.15, 0.2) is 0 Å². The van der Waals surface area contributed by atoms with E-state index in [4.69, 9.17) is 0 Å². The molecular weight excluding hydrogens is 370 g/mol. The topological polar surface area (TPSA) is 75.9 Å². The molecule has 0 saturated carbocycles. The van der Waals surface area contributed by atoms with Crippen LogP contribution < -0.4 is 5.56 Å². The first-order chi connectivity index (χ1) is 13.5.